The smallest absolute Gasteiger partial charge is 0.00555 e. The van der Waals surface area contributed by atoms with Crippen molar-refractivity contribution in [2.24, 2.45) is 0 Å². The molecule has 3 rings (SSSR count). The maximum absolute atomic E-state index is 2.26. The van der Waals surface area contributed by atoms with E-state index < -0.39 is 0 Å². The molecule has 0 unspecified atom stereocenters. The first-order valence-electron chi connectivity index (χ1n) is 9.95. The number of benzene rings is 3. The zero-order chi connectivity index (χ0) is 19.8. The predicted molar refractivity (Wildman–Crippen MR) is 122 cm³/mol. The Bertz CT molecular complexity index is 917. The van der Waals surface area contributed by atoms with Crippen LogP contribution in [0.15, 0.2) is 97.2 Å². The zero-order valence-corrected chi connectivity index (χ0v) is 17.1. The van der Waals surface area contributed by atoms with Crippen LogP contribution in [0.4, 0.5) is 0 Å². The van der Waals surface area contributed by atoms with Crippen molar-refractivity contribution in [2.75, 3.05) is 14.1 Å². The number of hydrogen-bond donors (Lipinski definition) is 0. The molecule has 0 atom stereocenters. The Hall–Kier alpha value is -3.06. The lowest BCUT2D eigenvalue weighted by Crippen LogP contribution is -2.00. The van der Waals surface area contributed by atoms with E-state index >= 15 is 0 Å². The van der Waals surface area contributed by atoms with E-state index in [1.165, 1.54) is 33.4 Å². The van der Waals surface area contributed by atoms with E-state index in [9.17, 15) is 0 Å². The van der Waals surface area contributed by atoms with Crippen molar-refractivity contribution in [2.45, 2.75) is 19.8 Å². The van der Waals surface area contributed by atoms with Crippen molar-refractivity contribution in [1.82, 2.24) is 4.90 Å². The number of hydrogen-bond acceptors (Lipinski definition) is 1. The van der Waals surface area contributed by atoms with Gasteiger partial charge in [0, 0.05) is 14.1 Å². The predicted octanol–water partition coefficient (Wildman–Crippen LogP) is 6.67. The van der Waals surface area contributed by atoms with E-state index in [1.807, 2.05) is 14.1 Å². The van der Waals surface area contributed by atoms with E-state index in [-0.39, 0.29) is 0 Å². The first-order chi connectivity index (χ1) is 13.7. The van der Waals surface area contributed by atoms with Gasteiger partial charge < -0.3 is 4.90 Å². The van der Waals surface area contributed by atoms with Crippen molar-refractivity contribution >= 4 is 11.1 Å². The van der Waals surface area contributed by atoms with Gasteiger partial charge in [-0.2, -0.15) is 0 Å². The molecule has 0 N–H and O–H groups in total. The third-order valence-electron chi connectivity index (χ3n) is 4.84. The summed E-state index contributed by atoms with van der Waals surface area (Å²) < 4.78 is 0. The molecule has 28 heavy (non-hydrogen) atoms. The van der Waals surface area contributed by atoms with Crippen LogP contribution in [0.25, 0.3) is 11.1 Å². The molecule has 0 saturated heterocycles. The molecule has 0 aliphatic rings. The van der Waals surface area contributed by atoms with Gasteiger partial charge in [0.1, 0.15) is 0 Å². The fourth-order valence-electron chi connectivity index (χ4n) is 3.49. The summed E-state index contributed by atoms with van der Waals surface area (Å²) in [6.45, 7) is 2.24. The summed E-state index contributed by atoms with van der Waals surface area (Å²) in [7, 11) is 4.10. The molecule has 0 spiro atoms. The van der Waals surface area contributed by atoms with Crippen LogP contribution in [-0.2, 0) is 6.42 Å². The van der Waals surface area contributed by atoms with Crippen molar-refractivity contribution in [3.8, 4) is 0 Å². The fraction of sp³-hybridized carbons (Fsp3) is 0.185. The molecule has 0 heterocycles. The van der Waals surface area contributed by atoms with Gasteiger partial charge in [-0.3, -0.25) is 0 Å². The van der Waals surface area contributed by atoms with Gasteiger partial charge in [0.25, 0.3) is 0 Å². The van der Waals surface area contributed by atoms with Crippen LogP contribution >= 0.6 is 0 Å². The Kier molecular flexibility index (Phi) is 6.86. The normalized spacial score (nSPS) is 12.1. The maximum atomic E-state index is 2.26. The van der Waals surface area contributed by atoms with Gasteiger partial charge in [0.05, 0.1) is 0 Å². The molecule has 3 aromatic carbocycles. The van der Waals surface area contributed by atoms with Gasteiger partial charge in [-0.1, -0.05) is 97.9 Å². The summed E-state index contributed by atoms with van der Waals surface area (Å²) in [6.07, 6.45) is 6.24. The number of nitrogens with zero attached hydrogens (tertiary/aromatic N) is 1. The summed E-state index contributed by atoms with van der Waals surface area (Å²) >= 11 is 0. The molecular weight excluding hydrogens is 338 g/mol. The van der Waals surface area contributed by atoms with Gasteiger partial charge in [-0.05, 0) is 52.4 Å². The molecular formula is C27H29N. The van der Waals surface area contributed by atoms with Crippen LogP contribution in [0.3, 0.4) is 0 Å². The monoisotopic (exact) mass is 367 g/mol. The second-order valence-corrected chi connectivity index (χ2v) is 7.19. The molecule has 1 nitrogen and oxygen atoms in total. The Morgan fingerprint density at radius 2 is 1.25 bits per heavy atom. The van der Waals surface area contributed by atoms with E-state index in [2.05, 4.69) is 109 Å². The summed E-state index contributed by atoms with van der Waals surface area (Å²) in [4.78, 5) is 2.07. The van der Waals surface area contributed by atoms with Crippen LogP contribution in [0, 0.1) is 0 Å². The van der Waals surface area contributed by atoms with Gasteiger partial charge in [-0.25, -0.2) is 0 Å². The number of allylic oxidation sites excluding steroid dienone is 2. The van der Waals surface area contributed by atoms with Crippen LogP contribution < -0.4 is 0 Å². The standard InChI is InChI=1S/C27H29N/c1-4-26(23-13-7-5-8-14-23)27(24-15-9-6-10-16-24)25-19-17-22(18-20-25)12-11-21-28(2)3/h5-11,13-21H,4,12H2,1-3H3/b21-11+,27-26-. The minimum atomic E-state index is 0.947. The minimum Gasteiger partial charge on any atom is -0.384 e. The SMILES string of the molecule is CC/C(=C(\c1ccccc1)c1ccc(C/C=C/N(C)C)cc1)c1ccccc1. The Morgan fingerprint density at radius 1 is 0.714 bits per heavy atom. The zero-order valence-electron chi connectivity index (χ0n) is 17.1. The Balaban J connectivity index is 2.04. The maximum Gasteiger partial charge on any atom is 0.00555 e. The first-order valence-corrected chi connectivity index (χ1v) is 9.95. The van der Waals surface area contributed by atoms with Crippen LogP contribution in [0.5, 0.6) is 0 Å². The molecule has 3 aromatic rings. The van der Waals surface area contributed by atoms with Gasteiger partial charge in [-0.15, -0.1) is 0 Å². The molecule has 0 aliphatic carbocycles. The van der Waals surface area contributed by atoms with Crippen molar-refractivity contribution in [1.29, 1.82) is 0 Å². The summed E-state index contributed by atoms with van der Waals surface area (Å²) in [5, 5.41) is 0. The molecule has 142 valence electrons. The highest BCUT2D eigenvalue weighted by Gasteiger charge is 2.12. The van der Waals surface area contributed by atoms with Gasteiger partial charge >= 0.3 is 0 Å². The number of rotatable bonds is 7. The molecule has 1 heteroatoms. The lowest BCUT2D eigenvalue weighted by Gasteiger charge is -2.16. The van der Waals surface area contributed by atoms with Crippen LogP contribution in [0.1, 0.15) is 35.6 Å². The van der Waals surface area contributed by atoms with Gasteiger partial charge in [0.15, 0.2) is 0 Å². The molecule has 0 fully saturated rings. The van der Waals surface area contributed by atoms with E-state index in [4.69, 9.17) is 0 Å². The highest BCUT2D eigenvalue weighted by atomic mass is 15.0. The second kappa shape index (κ2) is 9.75. The molecule has 0 bridgehead atoms. The average molecular weight is 368 g/mol. The third-order valence-corrected chi connectivity index (χ3v) is 4.84. The largest absolute Gasteiger partial charge is 0.384 e. The van der Waals surface area contributed by atoms with Crippen LogP contribution in [-0.4, -0.2) is 19.0 Å². The fourth-order valence-corrected chi connectivity index (χ4v) is 3.49. The lowest BCUT2D eigenvalue weighted by atomic mass is 9.88. The first kappa shape index (κ1) is 19.7. The summed E-state index contributed by atoms with van der Waals surface area (Å²) in [5.74, 6) is 0. The third kappa shape index (κ3) is 5.01. The molecule has 0 saturated carbocycles. The summed E-state index contributed by atoms with van der Waals surface area (Å²) in [5.41, 5.74) is 7.86. The molecule has 0 aromatic heterocycles. The van der Waals surface area contributed by atoms with E-state index in [0.29, 0.717) is 0 Å². The average Bonchev–Trinajstić information content (AvgIpc) is 2.73. The summed E-state index contributed by atoms with van der Waals surface area (Å²) in [6, 6.07) is 30.5. The van der Waals surface area contributed by atoms with Crippen LogP contribution in [0.2, 0.25) is 0 Å². The van der Waals surface area contributed by atoms with Gasteiger partial charge in [0.2, 0.25) is 0 Å². The topological polar surface area (TPSA) is 3.24 Å². The molecule has 0 amide bonds. The minimum absolute atomic E-state index is 0.947. The second-order valence-electron chi connectivity index (χ2n) is 7.19. The lowest BCUT2D eigenvalue weighted by molar-refractivity contribution is 0.562. The van der Waals surface area contributed by atoms with E-state index in [1.54, 1.807) is 0 Å². The molecule has 0 aliphatic heterocycles. The van der Waals surface area contributed by atoms with Crippen molar-refractivity contribution in [3.05, 3.63) is 119 Å². The quantitative estimate of drug-likeness (QED) is 0.421. The van der Waals surface area contributed by atoms with E-state index in [0.717, 1.165) is 12.8 Å². The van der Waals surface area contributed by atoms with Crippen molar-refractivity contribution in [3.63, 3.8) is 0 Å². The molecule has 0 radical (unpaired) electrons. The highest BCUT2D eigenvalue weighted by molar-refractivity contribution is 5.98. The Labute approximate surface area is 169 Å². The van der Waals surface area contributed by atoms with Crippen molar-refractivity contribution < 1.29 is 0 Å². The highest BCUT2D eigenvalue weighted by Crippen LogP contribution is 2.34. The Morgan fingerprint density at radius 3 is 1.79 bits per heavy atom.